The Labute approximate surface area is 189 Å². The number of aromatic nitrogens is 1. The molecule has 0 atom stereocenters. The maximum Gasteiger partial charge on any atom is 0.0544 e. The predicted octanol–water partition coefficient (Wildman–Crippen LogP) is 9.02. The summed E-state index contributed by atoms with van der Waals surface area (Å²) in [7, 11) is 0. The molecule has 0 radical (unpaired) electrons. The second kappa shape index (κ2) is 6.81. The highest BCUT2D eigenvalue weighted by Crippen LogP contribution is 2.38. The molecule has 0 aliphatic carbocycles. The van der Waals surface area contributed by atoms with E-state index in [1.165, 1.54) is 64.2 Å². The molecule has 0 saturated carbocycles. The van der Waals surface area contributed by atoms with Crippen molar-refractivity contribution in [1.82, 2.24) is 4.98 Å². The van der Waals surface area contributed by atoms with Crippen molar-refractivity contribution in [3.05, 3.63) is 109 Å². The van der Waals surface area contributed by atoms with Gasteiger partial charge >= 0.3 is 0 Å². The summed E-state index contributed by atoms with van der Waals surface area (Å²) in [6.45, 7) is 0. The van der Waals surface area contributed by atoms with Crippen molar-refractivity contribution in [3.8, 4) is 22.3 Å². The van der Waals surface area contributed by atoms with Crippen LogP contribution in [0.1, 0.15) is 0 Å². The molecule has 0 aliphatic heterocycles. The minimum absolute atomic E-state index is 1.18. The van der Waals surface area contributed by atoms with Crippen LogP contribution in [0.3, 0.4) is 0 Å². The first-order valence-corrected chi connectivity index (χ1v) is 11.7. The normalized spacial score (nSPS) is 11.8. The first-order chi connectivity index (χ1) is 15.8. The highest BCUT2D eigenvalue weighted by molar-refractivity contribution is 7.25. The molecule has 32 heavy (non-hydrogen) atoms. The second-order valence-electron chi connectivity index (χ2n) is 8.29. The van der Waals surface area contributed by atoms with Gasteiger partial charge in [0.2, 0.25) is 0 Å². The van der Waals surface area contributed by atoms with Crippen LogP contribution >= 0.6 is 11.3 Å². The fourth-order valence-electron chi connectivity index (χ4n) is 4.89. The Hall–Kier alpha value is -3.88. The molecule has 0 fully saturated rings. The molecule has 0 spiro atoms. The standard InChI is InChI=1S/C30H19NS/c1-3-13-27-23(9-1)26-12-6-11-22(30(26)31-27)21-8-5-7-19(17-21)20-15-16-25-24-10-2-4-14-28(24)32-29(25)18-20/h1-18,31H. The van der Waals surface area contributed by atoms with Crippen molar-refractivity contribution in [3.63, 3.8) is 0 Å². The molecule has 2 heterocycles. The maximum atomic E-state index is 3.65. The van der Waals surface area contributed by atoms with Crippen molar-refractivity contribution in [2.24, 2.45) is 0 Å². The Morgan fingerprint density at radius 2 is 1.19 bits per heavy atom. The first kappa shape index (κ1) is 17.8. The van der Waals surface area contributed by atoms with Gasteiger partial charge in [-0.1, -0.05) is 84.9 Å². The zero-order valence-electron chi connectivity index (χ0n) is 17.3. The quantitative estimate of drug-likeness (QED) is 0.284. The summed E-state index contributed by atoms with van der Waals surface area (Å²) in [6.07, 6.45) is 0. The Bertz CT molecular complexity index is 1780. The SMILES string of the molecule is c1cc(-c2ccc3c(c2)sc2ccccc23)cc(-c2cccc3c2[nH]c2ccccc23)c1. The average molecular weight is 426 g/mol. The summed E-state index contributed by atoms with van der Waals surface area (Å²) in [6, 6.07) is 39.5. The summed E-state index contributed by atoms with van der Waals surface area (Å²) in [5, 5.41) is 5.23. The fraction of sp³-hybridized carbons (Fsp3) is 0. The van der Waals surface area contributed by atoms with Gasteiger partial charge in [-0.25, -0.2) is 0 Å². The van der Waals surface area contributed by atoms with Gasteiger partial charge in [0.25, 0.3) is 0 Å². The van der Waals surface area contributed by atoms with Crippen molar-refractivity contribution in [1.29, 1.82) is 0 Å². The van der Waals surface area contributed by atoms with Gasteiger partial charge in [0.1, 0.15) is 0 Å². The Morgan fingerprint density at radius 1 is 0.469 bits per heavy atom. The molecule has 7 rings (SSSR count). The van der Waals surface area contributed by atoms with Gasteiger partial charge in [-0.3, -0.25) is 0 Å². The minimum Gasteiger partial charge on any atom is -0.354 e. The number of hydrogen-bond donors (Lipinski definition) is 1. The molecule has 0 bridgehead atoms. The van der Waals surface area contributed by atoms with Crippen molar-refractivity contribution < 1.29 is 0 Å². The molecule has 150 valence electrons. The molecule has 0 amide bonds. The van der Waals surface area contributed by atoms with Crippen LogP contribution < -0.4 is 0 Å². The van der Waals surface area contributed by atoms with Crippen LogP contribution in [0.15, 0.2) is 109 Å². The average Bonchev–Trinajstić information content (AvgIpc) is 3.42. The molecule has 2 heteroatoms. The van der Waals surface area contributed by atoms with E-state index in [-0.39, 0.29) is 0 Å². The number of H-pyrrole nitrogens is 1. The van der Waals surface area contributed by atoms with Crippen LogP contribution in [0.25, 0.3) is 64.2 Å². The van der Waals surface area contributed by atoms with Gasteiger partial charge in [0.15, 0.2) is 0 Å². The number of thiophene rings is 1. The number of para-hydroxylation sites is 2. The lowest BCUT2D eigenvalue weighted by Gasteiger charge is -2.08. The fourth-order valence-corrected chi connectivity index (χ4v) is 6.03. The molecule has 2 aromatic heterocycles. The van der Waals surface area contributed by atoms with Crippen LogP contribution in [-0.2, 0) is 0 Å². The molecule has 5 aromatic carbocycles. The van der Waals surface area contributed by atoms with E-state index in [1.54, 1.807) is 0 Å². The minimum atomic E-state index is 1.18. The monoisotopic (exact) mass is 425 g/mol. The Morgan fingerprint density at radius 3 is 2.16 bits per heavy atom. The smallest absolute Gasteiger partial charge is 0.0544 e. The zero-order chi connectivity index (χ0) is 21.1. The van der Waals surface area contributed by atoms with Crippen LogP contribution in [-0.4, -0.2) is 4.98 Å². The molecule has 0 saturated heterocycles. The molecular weight excluding hydrogens is 406 g/mol. The molecule has 7 aromatic rings. The summed E-state index contributed by atoms with van der Waals surface area (Å²) in [5.41, 5.74) is 7.36. The number of rotatable bonds is 2. The van der Waals surface area contributed by atoms with E-state index in [4.69, 9.17) is 0 Å². The van der Waals surface area contributed by atoms with Gasteiger partial charge in [-0.15, -0.1) is 11.3 Å². The lowest BCUT2D eigenvalue weighted by atomic mass is 9.97. The third kappa shape index (κ3) is 2.63. The van der Waals surface area contributed by atoms with E-state index in [1.807, 2.05) is 11.3 Å². The van der Waals surface area contributed by atoms with Gasteiger partial charge in [0.05, 0.1) is 5.52 Å². The Kier molecular flexibility index (Phi) is 3.78. The number of fused-ring (bicyclic) bond motifs is 6. The van der Waals surface area contributed by atoms with Crippen LogP contribution in [0, 0.1) is 0 Å². The second-order valence-corrected chi connectivity index (χ2v) is 9.37. The number of nitrogens with one attached hydrogen (secondary N) is 1. The predicted molar refractivity (Wildman–Crippen MR) is 140 cm³/mol. The van der Waals surface area contributed by atoms with E-state index in [9.17, 15) is 0 Å². The first-order valence-electron chi connectivity index (χ1n) is 10.9. The lowest BCUT2D eigenvalue weighted by Crippen LogP contribution is -1.83. The van der Waals surface area contributed by atoms with Gasteiger partial charge in [0, 0.05) is 42.0 Å². The topological polar surface area (TPSA) is 15.8 Å². The van der Waals surface area contributed by atoms with E-state index >= 15 is 0 Å². The molecule has 1 N–H and O–H groups in total. The van der Waals surface area contributed by atoms with E-state index in [2.05, 4.69) is 114 Å². The molecular formula is C30H19NS. The third-order valence-corrected chi connectivity index (χ3v) is 7.56. The Balaban J connectivity index is 1.39. The van der Waals surface area contributed by atoms with Gasteiger partial charge < -0.3 is 4.98 Å². The number of hydrogen-bond acceptors (Lipinski definition) is 1. The van der Waals surface area contributed by atoms with Gasteiger partial charge in [-0.05, 0) is 41.0 Å². The third-order valence-electron chi connectivity index (χ3n) is 6.43. The van der Waals surface area contributed by atoms with Crippen molar-refractivity contribution >= 4 is 53.3 Å². The van der Waals surface area contributed by atoms with E-state index < -0.39 is 0 Å². The summed E-state index contributed by atoms with van der Waals surface area (Å²) >= 11 is 1.87. The largest absolute Gasteiger partial charge is 0.354 e. The van der Waals surface area contributed by atoms with Crippen LogP contribution in [0.2, 0.25) is 0 Å². The molecule has 1 nitrogen and oxygen atoms in total. The molecule has 0 aliphatic rings. The highest BCUT2D eigenvalue weighted by atomic mass is 32.1. The van der Waals surface area contributed by atoms with Crippen molar-refractivity contribution in [2.75, 3.05) is 0 Å². The lowest BCUT2D eigenvalue weighted by molar-refractivity contribution is 1.53. The summed E-state index contributed by atoms with van der Waals surface area (Å²) in [4.78, 5) is 3.65. The van der Waals surface area contributed by atoms with E-state index in [0.717, 1.165) is 0 Å². The van der Waals surface area contributed by atoms with Crippen LogP contribution in [0.5, 0.6) is 0 Å². The maximum absolute atomic E-state index is 3.65. The number of benzene rings is 5. The van der Waals surface area contributed by atoms with Gasteiger partial charge in [-0.2, -0.15) is 0 Å². The molecule has 0 unspecified atom stereocenters. The van der Waals surface area contributed by atoms with E-state index in [0.29, 0.717) is 0 Å². The highest BCUT2D eigenvalue weighted by Gasteiger charge is 2.11. The summed E-state index contributed by atoms with van der Waals surface area (Å²) in [5.74, 6) is 0. The zero-order valence-corrected chi connectivity index (χ0v) is 18.1. The number of aromatic amines is 1. The van der Waals surface area contributed by atoms with Crippen molar-refractivity contribution in [2.45, 2.75) is 0 Å². The summed E-state index contributed by atoms with van der Waals surface area (Å²) < 4.78 is 2.69. The van der Waals surface area contributed by atoms with Crippen LogP contribution in [0.4, 0.5) is 0 Å².